The molecule has 3 aliphatic rings. The normalized spacial score (nSPS) is 17.3. The number of hydrogen-bond donors (Lipinski definition) is 0. The number of ether oxygens (including phenoxy) is 1. The minimum atomic E-state index is -0.419. The van der Waals surface area contributed by atoms with Gasteiger partial charge in [0.1, 0.15) is 11.9 Å². The molecule has 8 aromatic rings. The molecule has 2 unspecified atom stereocenters. The fourth-order valence-electron chi connectivity index (χ4n) is 9.08. The predicted molar refractivity (Wildman–Crippen MR) is 236 cm³/mol. The SMILES string of the molecule is C/C=C/c1ccc2c(c1)-n1c3ccccc3c3cccc(c31)C21C2=CC=CCC2Oc2ccccc21.C=C(C)c1cc(-c2ccccc2)nc(-c2ccccc2)n1. The van der Waals surface area contributed by atoms with Crippen LogP contribution in [0.15, 0.2) is 188 Å². The molecule has 57 heavy (non-hydrogen) atoms. The van der Waals surface area contributed by atoms with Crippen LogP contribution in [-0.4, -0.2) is 20.6 Å². The van der Waals surface area contributed by atoms with E-state index in [1.807, 2.05) is 61.5 Å². The van der Waals surface area contributed by atoms with Gasteiger partial charge in [0, 0.05) is 33.9 Å². The quantitative estimate of drug-likeness (QED) is 0.181. The Bertz CT molecular complexity index is 2890. The summed E-state index contributed by atoms with van der Waals surface area (Å²) in [7, 11) is 0. The number of allylic oxidation sites excluding steroid dienone is 4. The lowest BCUT2D eigenvalue weighted by molar-refractivity contribution is 0.204. The summed E-state index contributed by atoms with van der Waals surface area (Å²) >= 11 is 0. The van der Waals surface area contributed by atoms with E-state index in [9.17, 15) is 0 Å². The third-order valence-corrected chi connectivity index (χ3v) is 11.5. The molecule has 2 aliphatic heterocycles. The first-order valence-electron chi connectivity index (χ1n) is 19.7. The lowest BCUT2D eigenvalue weighted by atomic mass is 9.59. The maximum Gasteiger partial charge on any atom is 0.160 e. The Labute approximate surface area is 333 Å². The number of rotatable bonds is 4. The van der Waals surface area contributed by atoms with Crippen LogP contribution < -0.4 is 4.74 Å². The molecule has 4 heteroatoms. The fraction of sp³-hybridized carbons (Fsp3) is 0.0943. The molecule has 0 bridgehead atoms. The van der Waals surface area contributed by atoms with Crippen molar-refractivity contribution < 1.29 is 4.74 Å². The second-order valence-electron chi connectivity index (χ2n) is 14.9. The molecule has 4 heterocycles. The van der Waals surface area contributed by atoms with E-state index < -0.39 is 5.41 Å². The van der Waals surface area contributed by atoms with Gasteiger partial charge in [-0.1, -0.05) is 164 Å². The molecular weight excluding hydrogens is 695 g/mol. The van der Waals surface area contributed by atoms with Crippen LogP contribution in [0.1, 0.15) is 48.2 Å². The first-order chi connectivity index (χ1) is 28.1. The maximum absolute atomic E-state index is 6.65. The van der Waals surface area contributed by atoms with Crippen molar-refractivity contribution in [3.63, 3.8) is 0 Å². The predicted octanol–water partition coefficient (Wildman–Crippen LogP) is 13.0. The summed E-state index contributed by atoms with van der Waals surface area (Å²) in [6, 6.07) is 53.5. The molecule has 11 rings (SSSR count). The first-order valence-corrected chi connectivity index (χ1v) is 19.7. The van der Waals surface area contributed by atoms with Gasteiger partial charge in [-0.2, -0.15) is 0 Å². The molecular formula is C53H41N3O. The van der Waals surface area contributed by atoms with Crippen LogP contribution in [0, 0.1) is 0 Å². The Kier molecular flexibility index (Phi) is 8.41. The van der Waals surface area contributed by atoms with Crippen LogP contribution in [-0.2, 0) is 5.41 Å². The molecule has 1 aliphatic carbocycles. The van der Waals surface area contributed by atoms with Crippen LogP contribution in [0.25, 0.3) is 61.8 Å². The summed E-state index contributed by atoms with van der Waals surface area (Å²) in [6.45, 7) is 8.05. The number of hydrogen-bond acceptors (Lipinski definition) is 3. The topological polar surface area (TPSA) is 39.9 Å². The lowest BCUT2D eigenvalue weighted by Crippen LogP contribution is -2.45. The third-order valence-electron chi connectivity index (χ3n) is 11.5. The minimum Gasteiger partial charge on any atom is -0.485 e. The Balaban J connectivity index is 0.000000161. The number of benzene rings is 6. The summed E-state index contributed by atoms with van der Waals surface area (Å²) < 4.78 is 9.15. The van der Waals surface area contributed by atoms with E-state index in [4.69, 9.17) is 9.72 Å². The van der Waals surface area contributed by atoms with Gasteiger partial charge in [0.2, 0.25) is 0 Å². The highest BCUT2D eigenvalue weighted by Crippen LogP contribution is 2.59. The van der Waals surface area contributed by atoms with E-state index in [0.29, 0.717) is 0 Å². The maximum atomic E-state index is 6.65. The Morgan fingerprint density at radius 3 is 2.26 bits per heavy atom. The summed E-state index contributed by atoms with van der Waals surface area (Å²) in [5.41, 5.74) is 14.6. The molecule has 2 aromatic heterocycles. The van der Waals surface area contributed by atoms with Gasteiger partial charge in [-0.05, 0) is 65.9 Å². The summed E-state index contributed by atoms with van der Waals surface area (Å²) in [4.78, 5) is 9.32. The molecule has 4 nitrogen and oxygen atoms in total. The molecule has 2 atom stereocenters. The van der Waals surface area contributed by atoms with Gasteiger partial charge in [-0.3, -0.25) is 0 Å². The number of nitrogens with zero attached hydrogens (tertiary/aromatic N) is 3. The smallest absolute Gasteiger partial charge is 0.160 e. The number of para-hydroxylation sites is 3. The number of fused-ring (bicyclic) bond motifs is 11. The lowest BCUT2D eigenvalue weighted by Gasteiger charge is -2.49. The highest BCUT2D eigenvalue weighted by atomic mass is 16.5. The second-order valence-corrected chi connectivity index (χ2v) is 14.9. The number of aromatic nitrogens is 3. The molecule has 0 saturated heterocycles. The summed E-state index contributed by atoms with van der Waals surface area (Å²) in [5.74, 6) is 1.72. The van der Waals surface area contributed by atoms with Crippen molar-refractivity contribution in [3.8, 4) is 34.1 Å². The average Bonchev–Trinajstić information content (AvgIpc) is 3.61. The Hall–Kier alpha value is -7.04. The van der Waals surface area contributed by atoms with Crippen molar-refractivity contribution in [2.24, 2.45) is 0 Å². The molecule has 0 fully saturated rings. The van der Waals surface area contributed by atoms with Gasteiger partial charge in [0.05, 0.1) is 33.5 Å². The zero-order valence-corrected chi connectivity index (χ0v) is 32.1. The standard InChI is InChI=1S/C34H25NO.C19H16N2/c1-2-10-22-19-20-25-30(21-22)35-29-16-6-3-11-23(29)24-12-9-15-28(33(24)35)34(25)26-13-4-7-17-31(26)36-32-18-8-5-14-27(32)34;1-14(2)17-13-18(15-9-5-3-6-10-15)21-19(20-17)16-11-7-4-8-12-16/h2-17,19-21,32H,18H2,1H3;3-13H,1H2,2H3/b10-2+;. The van der Waals surface area contributed by atoms with Crippen molar-refractivity contribution >= 4 is 33.5 Å². The Morgan fingerprint density at radius 1 is 0.737 bits per heavy atom. The van der Waals surface area contributed by atoms with Gasteiger partial charge in [0.25, 0.3) is 0 Å². The van der Waals surface area contributed by atoms with Crippen LogP contribution in [0.3, 0.4) is 0 Å². The zero-order valence-electron chi connectivity index (χ0n) is 32.1. The highest BCUT2D eigenvalue weighted by Gasteiger charge is 2.52. The molecule has 0 amide bonds. The fourth-order valence-corrected chi connectivity index (χ4v) is 9.08. The molecule has 1 spiro atoms. The summed E-state index contributed by atoms with van der Waals surface area (Å²) in [6.07, 6.45) is 12.0. The zero-order chi connectivity index (χ0) is 38.5. The van der Waals surface area contributed by atoms with Gasteiger partial charge in [-0.25, -0.2) is 9.97 Å². The van der Waals surface area contributed by atoms with E-state index in [0.717, 1.165) is 46.1 Å². The summed E-state index contributed by atoms with van der Waals surface area (Å²) in [5, 5.41) is 2.60. The average molecular weight is 736 g/mol. The largest absolute Gasteiger partial charge is 0.485 e. The van der Waals surface area contributed by atoms with E-state index in [1.54, 1.807) is 0 Å². The Morgan fingerprint density at radius 2 is 1.46 bits per heavy atom. The highest BCUT2D eigenvalue weighted by molar-refractivity contribution is 6.12. The van der Waals surface area contributed by atoms with E-state index in [2.05, 4.69) is 150 Å². The van der Waals surface area contributed by atoms with E-state index >= 15 is 0 Å². The van der Waals surface area contributed by atoms with Gasteiger partial charge >= 0.3 is 0 Å². The second kappa shape index (κ2) is 13.9. The van der Waals surface area contributed by atoms with E-state index in [-0.39, 0.29) is 6.10 Å². The van der Waals surface area contributed by atoms with Crippen LogP contribution in [0.5, 0.6) is 5.75 Å². The molecule has 0 radical (unpaired) electrons. The van der Waals surface area contributed by atoms with Crippen LogP contribution in [0.2, 0.25) is 0 Å². The third kappa shape index (κ3) is 5.51. The van der Waals surface area contributed by atoms with Crippen molar-refractivity contribution in [1.82, 2.24) is 14.5 Å². The van der Waals surface area contributed by atoms with Crippen molar-refractivity contribution in [2.45, 2.75) is 31.8 Å². The monoisotopic (exact) mass is 735 g/mol. The van der Waals surface area contributed by atoms with E-state index in [1.165, 1.54) is 55.3 Å². The van der Waals surface area contributed by atoms with Crippen molar-refractivity contribution in [1.29, 1.82) is 0 Å². The molecule has 0 N–H and O–H groups in total. The first kappa shape index (κ1) is 34.5. The molecule has 6 aromatic carbocycles. The van der Waals surface area contributed by atoms with Crippen molar-refractivity contribution in [3.05, 3.63) is 216 Å². The minimum absolute atomic E-state index is 0.0131. The van der Waals surface area contributed by atoms with Crippen LogP contribution >= 0.6 is 0 Å². The van der Waals surface area contributed by atoms with Gasteiger partial charge in [-0.15, -0.1) is 0 Å². The molecule has 0 saturated carbocycles. The van der Waals surface area contributed by atoms with Gasteiger partial charge < -0.3 is 9.30 Å². The molecule has 274 valence electrons. The van der Waals surface area contributed by atoms with Gasteiger partial charge in [0.15, 0.2) is 5.82 Å². The van der Waals surface area contributed by atoms with Crippen LogP contribution in [0.4, 0.5) is 0 Å². The van der Waals surface area contributed by atoms with Crippen molar-refractivity contribution in [2.75, 3.05) is 0 Å².